The van der Waals surface area contributed by atoms with Crippen LogP contribution in [0.5, 0.6) is 11.5 Å². The Labute approximate surface area is 80.8 Å². The quantitative estimate of drug-likeness (QED) is 0.681. The molecule has 2 heterocycles. The van der Waals surface area contributed by atoms with Crippen LogP contribution in [0.2, 0.25) is 0 Å². The number of hydrogen-bond donors (Lipinski definition) is 1. The molecule has 14 heavy (non-hydrogen) atoms. The molecule has 0 bridgehead atoms. The number of benzene rings is 1. The zero-order chi connectivity index (χ0) is 9.54. The van der Waals surface area contributed by atoms with Gasteiger partial charge in [-0.15, -0.1) is 0 Å². The minimum atomic E-state index is -0.310. The molecule has 1 N–H and O–H groups in total. The predicted molar refractivity (Wildman–Crippen MR) is 49.6 cm³/mol. The van der Waals surface area contributed by atoms with Crippen LogP contribution in [0.15, 0.2) is 6.07 Å². The number of hydrogen-bond acceptors (Lipinski definition) is 3. The van der Waals surface area contributed by atoms with E-state index in [-0.39, 0.29) is 11.6 Å². The molecule has 2 aliphatic rings. The summed E-state index contributed by atoms with van der Waals surface area (Å²) in [6.45, 7) is 1.70. The molecule has 3 rings (SSSR count). The van der Waals surface area contributed by atoms with Crippen molar-refractivity contribution in [1.29, 1.82) is 0 Å². The van der Waals surface area contributed by atoms with Gasteiger partial charge in [0, 0.05) is 6.54 Å². The number of nitrogens with one attached hydrogen (secondary N) is 1. The average molecular weight is 195 g/mol. The van der Waals surface area contributed by atoms with Crippen molar-refractivity contribution in [1.82, 2.24) is 0 Å². The monoisotopic (exact) mass is 195 g/mol. The van der Waals surface area contributed by atoms with Crippen molar-refractivity contribution in [3.8, 4) is 11.5 Å². The van der Waals surface area contributed by atoms with E-state index in [4.69, 9.17) is 9.47 Å². The zero-order valence-corrected chi connectivity index (χ0v) is 7.60. The lowest BCUT2D eigenvalue weighted by Gasteiger charge is -2.20. The fourth-order valence-electron chi connectivity index (χ4n) is 1.91. The van der Waals surface area contributed by atoms with Gasteiger partial charge < -0.3 is 14.8 Å². The molecule has 0 spiro atoms. The molecule has 74 valence electrons. The second-order valence-electron chi connectivity index (χ2n) is 3.43. The van der Waals surface area contributed by atoms with E-state index in [0.717, 1.165) is 18.5 Å². The van der Waals surface area contributed by atoms with Crippen LogP contribution in [-0.4, -0.2) is 19.8 Å². The first kappa shape index (κ1) is 7.91. The Morgan fingerprint density at radius 2 is 2.14 bits per heavy atom. The standard InChI is InChI=1S/C10H10FNO2/c11-8-9-6(1-2-12-9)5-7-10(8)14-4-3-13-7/h5,12H,1-4H2. The Kier molecular flexibility index (Phi) is 1.56. The summed E-state index contributed by atoms with van der Waals surface area (Å²) in [6, 6.07) is 1.87. The van der Waals surface area contributed by atoms with E-state index in [9.17, 15) is 4.39 Å². The lowest BCUT2D eigenvalue weighted by atomic mass is 10.1. The molecule has 0 unspecified atom stereocenters. The van der Waals surface area contributed by atoms with E-state index in [0.29, 0.717) is 24.7 Å². The normalized spacial score (nSPS) is 17.5. The maximum Gasteiger partial charge on any atom is 0.199 e. The number of halogens is 1. The Morgan fingerprint density at radius 3 is 3.07 bits per heavy atom. The molecule has 0 aromatic heterocycles. The van der Waals surface area contributed by atoms with Crippen LogP contribution in [0.4, 0.5) is 10.1 Å². The molecule has 3 nitrogen and oxygen atoms in total. The Morgan fingerprint density at radius 1 is 1.29 bits per heavy atom. The third-order valence-electron chi connectivity index (χ3n) is 2.55. The van der Waals surface area contributed by atoms with Gasteiger partial charge in [-0.2, -0.15) is 0 Å². The summed E-state index contributed by atoms with van der Waals surface area (Å²) in [5.41, 5.74) is 1.56. The highest BCUT2D eigenvalue weighted by Crippen LogP contribution is 2.41. The van der Waals surface area contributed by atoms with Gasteiger partial charge in [-0.3, -0.25) is 0 Å². The second-order valence-corrected chi connectivity index (χ2v) is 3.43. The van der Waals surface area contributed by atoms with Gasteiger partial charge in [-0.05, 0) is 18.1 Å². The molecule has 0 radical (unpaired) electrons. The molecule has 1 aromatic carbocycles. The molecule has 4 heteroatoms. The molecule has 0 saturated heterocycles. The lowest BCUT2D eigenvalue weighted by molar-refractivity contribution is 0.164. The summed E-state index contributed by atoms with van der Waals surface area (Å²) >= 11 is 0. The summed E-state index contributed by atoms with van der Waals surface area (Å²) < 4.78 is 24.4. The van der Waals surface area contributed by atoms with Crippen molar-refractivity contribution in [2.24, 2.45) is 0 Å². The van der Waals surface area contributed by atoms with Crippen LogP contribution < -0.4 is 14.8 Å². The SMILES string of the molecule is Fc1c2c(cc3c1OCCO3)CCN2. The third-order valence-corrected chi connectivity index (χ3v) is 2.55. The van der Waals surface area contributed by atoms with E-state index < -0.39 is 0 Å². The van der Waals surface area contributed by atoms with E-state index in [2.05, 4.69) is 5.32 Å². The summed E-state index contributed by atoms with van der Waals surface area (Å²) in [7, 11) is 0. The lowest BCUT2D eigenvalue weighted by Crippen LogP contribution is -2.16. The van der Waals surface area contributed by atoms with Crippen molar-refractivity contribution < 1.29 is 13.9 Å². The third kappa shape index (κ3) is 0.967. The minimum absolute atomic E-state index is 0.254. The molecule has 0 saturated carbocycles. The van der Waals surface area contributed by atoms with Crippen LogP contribution in [0.3, 0.4) is 0 Å². The van der Waals surface area contributed by atoms with Crippen LogP contribution in [0.1, 0.15) is 5.56 Å². The van der Waals surface area contributed by atoms with Crippen molar-refractivity contribution in [2.45, 2.75) is 6.42 Å². The van der Waals surface area contributed by atoms with Crippen molar-refractivity contribution in [2.75, 3.05) is 25.1 Å². The fourth-order valence-corrected chi connectivity index (χ4v) is 1.91. The highest BCUT2D eigenvalue weighted by atomic mass is 19.1. The number of anilines is 1. The molecule has 0 amide bonds. The first-order valence-corrected chi connectivity index (χ1v) is 4.71. The van der Waals surface area contributed by atoms with Crippen LogP contribution in [0, 0.1) is 5.82 Å². The fraction of sp³-hybridized carbons (Fsp3) is 0.400. The first-order valence-electron chi connectivity index (χ1n) is 4.71. The molecule has 2 aliphatic heterocycles. The molecule has 0 fully saturated rings. The minimum Gasteiger partial charge on any atom is -0.486 e. The number of rotatable bonds is 0. The van der Waals surface area contributed by atoms with E-state index >= 15 is 0 Å². The highest BCUT2D eigenvalue weighted by molar-refractivity contribution is 5.64. The van der Waals surface area contributed by atoms with Crippen LogP contribution in [-0.2, 0) is 6.42 Å². The maximum absolute atomic E-state index is 13.8. The van der Waals surface area contributed by atoms with E-state index in [1.807, 2.05) is 6.07 Å². The van der Waals surface area contributed by atoms with Crippen molar-refractivity contribution in [3.63, 3.8) is 0 Å². The largest absolute Gasteiger partial charge is 0.486 e. The van der Waals surface area contributed by atoms with Gasteiger partial charge in [-0.1, -0.05) is 0 Å². The maximum atomic E-state index is 13.8. The molecule has 0 atom stereocenters. The topological polar surface area (TPSA) is 30.5 Å². The average Bonchev–Trinajstić information content (AvgIpc) is 2.66. The second kappa shape index (κ2) is 2.77. The van der Waals surface area contributed by atoms with E-state index in [1.54, 1.807) is 0 Å². The number of ether oxygens (including phenoxy) is 2. The summed E-state index contributed by atoms with van der Waals surface area (Å²) in [6.07, 6.45) is 0.850. The predicted octanol–water partition coefficient (Wildman–Crippen LogP) is 1.56. The summed E-state index contributed by atoms with van der Waals surface area (Å²) in [4.78, 5) is 0. The zero-order valence-electron chi connectivity index (χ0n) is 7.60. The van der Waals surface area contributed by atoms with Gasteiger partial charge in [0.25, 0.3) is 0 Å². The van der Waals surface area contributed by atoms with Gasteiger partial charge in [-0.25, -0.2) is 4.39 Å². The summed E-state index contributed by atoms with van der Waals surface area (Å²) in [5, 5.41) is 3.01. The Balaban J connectivity index is 2.20. The molecule has 1 aromatic rings. The molecule has 0 aliphatic carbocycles. The Bertz CT molecular complexity index is 392. The molecular formula is C10H10FNO2. The van der Waals surface area contributed by atoms with Gasteiger partial charge in [0.2, 0.25) is 0 Å². The van der Waals surface area contributed by atoms with Gasteiger partial charge >= 0.3 is 0 Å². The first-order chi connectivity index (χ1) is 6.86. The van der Waals surface area contributed by atoms with Crippen LogP contribution >= 0.6 is 0 Å². The number of fused-ring (bicyclic) bond motifs is 2. The van der Waals surface area contributed by atoms with Gasteiger partial charge in [0.05, 0.1) is 5.69 Å². The van der Waals surface area contributed by atoms with E-state index in [1.165, 1.54) is 0 Å². The summed E-state index contributed by atoms with van der Waals surface area (Å²) in [5.74, 6) is 0.482. The van der Waals surface area contributed by atoms with Crippen molar-refractivity contribution >= 4 is 5.69 Å². The van der Waals surface area contributed by atoms with Crippen molar-refractivity contribution in [3.05, 3.63) is 17.4 Å². The van der Waals surface area contributed by atoms with Gasteiger partial charge in [0.1, 0.15) is 13.2 Å². The van der Waals surface area contributed by atoms with Gasteiger partial charge in [0.15, 0.2) is 17.3 Å². The molecular weight excluding hydrogens is 185 g/mol. The highest BCUT2D eigenvalue weighted by Gasteiger charge is 2.25. The van der Waals surface area contributed by atoms with Crippen LogP contribution in [0.25, 0.3) is 0 Å². The Hall–Kier alpha value is -1.45. The smallest absolute Gasteiger partial charge is 0.199 e.